The fourth-order valence-electron chi connectivity index (χ4n) is 3.19. The Morgan fingerprint density at radius 2 is 1.37 bits per heavy atom. The molecule has 14 heteroatoms. The zero-order chi connectivity index (χ0) is 28.2. The number of halogens is 2. The van der Waals surface area contributed by atoms with Gasteiger partial charge in [-0.3, -0.25) is 4.18 Å². The van der Waals surface area contributed by atoms with Crippen LogP contribution in [0.1, 0.15) is 65.2 Å². The van der Waals surface area contributed by atoms with Crippen LogP contribution in [0.5, 0.6) is 0 Å². The molecule has 0 amide bonds. The number of nitrogens with zero attached hydrogens (tertiary/aromatic N) is 4. The molecular formula is C24H48Cl2N4O6S2-2. The Hall–Kier alpha value is -0.920. The molecule has 3 rings (SSSR count). The van der Waals surface area contributed by atoms with Crippen molar-refractivity contribution in [3.05, 3.63) is 24.8 Å². The molecule has 3 aliphatic rings. The zero-order valence-electron chi connectivity index (χ0n) is 23.4. The van der Waals surface area contributed by atoms with Gasteiger partial charge in [-0.25, -0.2) is 8.42 Å². The van der Waals surface area contributed by atoms with Crippen molar-refractivity contribution in [2.45, 2.75) is 65.2 Å². The van der Waals surface area contributed by atoms with Crippen LogP contribution in [0.2, 0.25) is 0 Å². The summed E-state index contributed by atoms with van der Waals surface area (Å²) in [6, 6.07) is 0. The number of alkyl halides is 1. The van der Waals surface area contributed by atoms with Crippen LogP contribution in [0.25, 0.3) is 0 Å². The smallest absolute Gasteiger partial charge is 0.267 e. The highest BCUT2D eigenvalue weighted by Gasteiger charge is 2.14. The van der Waals surface area contributed by atoms with Gasteiger partial charge in [0, 0.05) is 63.6 Å². The number of hydrogen-bond donors (Lipinski definition) is 0. The Kier molecular flexibility index (Phi) is 23.6. The van der Waals surface area contributed by atoms with Gasteiger partial charge in [-0.15, -0.1) is 11.6 Å². The molecule has 0 aliphatic carbocycles. The summed E-state index contributed by atoms with van der Waals surface area (Å²) in [5, 5.41) is 0. The Morgan fingerprint density at radius 3 is 1.63 bits per heavy atom. The monoisotopic (exact) mass is 622 g/mol. The van der Waals surface area contributed by atoms with Crippen molar-refractivity contribution >= 4 is 31.8 Å². The second-order valence-electron chi connectivity index (χ2n) is 9.17. The summed E-state index contributed by atoms with van der Waals surface area (Å²) >= 11 is 5.23. The first-order valence-corrected chi connectivity index (χ1v) is 16.7. The minimum atomic E-state index is -4.01. The fourth-order valence-corrected chi connectivity index (χ4v) is 4.98. The van der Waals surface area contributed by atoms with Gasteiger partial charge in [0.1, 0.15) is 0 Å². The predicted octanol–water partition coefficient (Wildman–Crippen LogP) is 0.606. The van der Waals surface area contributed by atoms with Crippen molar-refractivity contribution < 1.29 is 38.0 Å². The molecule has 0 saturated carbocycles. The topological polar surface area (TPSA) is 114 Å². The van der Waals surface area contributed by atoms with E-state index >= 15 is 0 Å². The molecule has 228 valence electrons. The molecule has 0 radical (unpaired) electrons. The summed E-state index contributed by atoms with van der Waals surface area (Å²) < 4.78 is 55.0. The van der Waals surface area contributed by atoms with Gasteiger partial charge in [0.2, 0.25) is 0 Å². The van der Waals surface area contributed by atoms with E-state index < -0.39 is 20.2 Å². The van der Waals surface area contributed by atoms with Crippen molar-refractivity contribution in [2.24, 2.45) is 0 Å². The number of rotatable bonds is 10. The van der Waals surface area contributed by atoms with Crippen LogP contribution in [-0.2, 0) is 24.4 Å². The molecule has 0 aromatic rings. The van der Waals surface area contributed by atoms with Gasteiger partial charge in [0.15, 0.2) is 0 Å². The number of unbranched alkanes of at least 4 members (excludes halogenated alkanes) is 3. The van der Waals surface area contributed by atoms with Crippen LogP contribution >= 0.6 is 11.6 Å². The normalized spacial score (nSPS) is 17.5. The molecule has 1 fully saturated rings. The van der Waals surface area contributed by atoms with Crippen LogP contribution < -0.4 is 12.4 Å². The first-order valence-electron chi connectivity index (χ1n) is 13.0. The lowest BCUT2D eigenvalue weighted by atomic mass is 10.3. The van der Waals surface area contributed by atoms with Crippen molar-refractivity contribution in [1.29, 1.82) is 0 Å². The minimum absolute atomic E-state index is 0. The molecule has 1 saturated heterocycles. The van der Waals surface area contributed by atoms with Gasteiger partial charge in [-0.1, -0.05) is 26.7 Å². The van der Waals surface area contributed by atoms with Crippen molar-refractivity contribution in [2.75, 3.05) is 64.5 Å². The Labute approximate surface area is 243 Å². The minimum Gasteiger partial charge on any atom is -1.00 e. The number of hydrogen-bond acceptors (Lipinski definition) is 10. The second-order valence-corrected chi connectivity index (χ2v) is 12.8. The predicted molar refractivity (Wildman–Crippen MR) is 150 cm³/mol. The van der Waals surface area contributed by atoms with Gasteiger partial charge in [0.05, 0.1) is 35.8 Å². The fraction of sp³-hybridized carbons (Fsp3) is 0.833. The molecule has 0 atom stereocenters. The van der Waals surface area contributed by atoms with E-state index in [0.29, 0.717) is 25.3 Å². The maximum atomic E-state index is 10.4. The summed E-state index contributed by atoms with van der Waals surface area (Å²) in [6.45, 7) is 9.38. The average Bonchev–Trinajstić information content (AvgIpc) is 3.44. The van der Waals surface area contributed by atoms with E-state index in [-0.39, 0.29) is 23.9 Å². The molecule has 3 heterocycles. The van der Waals surface area contributed by atoms with Gasteiger partial charge < -0.3 is 36.6 Å². The molecule has 0 bridgehead atoms. The quantitative estimate of drug-likeness (QED) is 0.149. The molecule has 38 heavy (non-hydrogen) atoms. The van der Waals surface area contributed by atoms with E-state index in [1.165, 1.54) is 38.8 Å². The maximum Gasteiger partial charge on any atom is 0.267 e. The molecule has 10 nitrogen and oxygen atoms in total. The summed E-state index contributed by atoms with van der Waals surface area (Å²) in [4.78, 5) is 9.05. The first kappa shape index (κ1) is 39.2. The van der Waals surface area contributed by atoms with Crippen molar-refractivity contribution in [3.8, 4) is 0 Å². The van der Waals surface area contributed by atoms with Crippen LogP contribution in [0.3, 0.4) is 0 Å². The van der Waals surface area contributed by atoms with Crippen molar-refractivity contribution in [3.63, 3.8) is 0 Å². The largest absolute Gasteiger partial charge is 1.00 e. The Balaban J connectivity index is 0. The Bertz CT molecular complexity index is 803. The molecule has 0 spiro atoms. The van der Waals surface area contributed by atoms with Gasteiger partial charge in [-0.05, 0) is 38.5 Å². The van der Waals surface area contributed by atoms with E-state index in [1.54, 1.807) is 0 Å². The van der Waals surface area contributed by atoms with Crippen LogP contribution in [0, 0.1) is 0 Å². The maximum absolute atomic E-state index is 10.4. The van der Waals surface area contributed by atoms with Gasteiger partial charge in [-0.2, -0.15) is 8.42 Å². The van der Waals surface area contributed by atoms with Crippen LogP contribution in [0.4, 0.5) is 0 Å². The molecule has 0 unspecified atom stereocenters. The third kappa shape index (κ3) is 24.1. The van der Waals surface area contributed by atoms with E-state index in [2.05, 4.69) is 76.5 Å². The molecule has 3 aliphatic heterocycles. The lowest BCUT2D eigenvalue weighted by molar-refractivity contribution is -0.0000161. The highest BCUT2D eigenvalue weighted by Crippen LogP contribution is 2.07. The van der Waals surface area contributed by atoms with E-state index in [4.69, 9.17) is 11.6 Å². The summed E-state index contributed by atoms with van der Waals surface area (Å²) in [6.07, 6.45) is 16.3. The van der Waals surface area contributed by atoms with Crippen LogP contribution in [-0.4, -0.2) is 106 Å². The van der Waals surface area contributed by atoms with E-state index in [9.17, 15) is 21.4 Å². The molecule has 0 aromatic heterocycles. The van der Waals surface area contributed by atoms with Gasteiger partial charge >= 0.3 is 0 Å². The van der Waals surface area contributed by atoms with E-state index in [1.807, 2.05) is 0 Å². The van der Waals surface area contributed by atoms with Crippen molar-refractivity contribution in [1.82, 2.24) is 19.6 Å². The standard InChI is InChI=1S/2C8H16N2.C4H9ClO3S.C4H8O3S.ClH/c2*1-3-4-5-10-7-6-9(2)8-10;5-3-1-2-4-9(6,7)8;5-8(6)4-2-1-3-7-8;/h2*6-7H,3-5,8H2,1-2H3;1-4H2,(H,6,7,8);1-4H2;1H/p-2. The molecule has 0 N–H and O–H groups in total. The summed E-state index contributed by atoms with van der Waals surface area (Å²) in [5.74, 6) is 0.322. The zero-order valence-corrected chi connectivity index (χ0v) is 26.6. The van der Waals surface area contributed by atoms with E-state index in [0.717, 1.165) is 26.2 Å². The highest BCUT2D eigenvalue weighted by molar-refractivity contribution is 7.86. The first-order chi connectivity index (χ1) is 17.4. The molecule has 0 aromatic carbocycles. The highest BCUT2D eigenvalue weighted by atomic mass is 35.5. The van der Waals surface area contributed by atoms with Crippen LogP contribution in [0.15, 0.2) is 24.8 Å². The lowest BCUT2D eigenvalue weighted by Gasteiger charge is -2.17. The third-order valence-electron chi connectivity index (χ3n) is 5.30. The third-order valence-corrected chi connectivity index (χ3v) is 7.67. The average molecular weight is 624 g/mol. The molecular weight excluding hydrogens is 575 g/mol. The summed E-state index contributed by atoms with van der Waals surface area (Å²) in [7, 11) is -2.89. The Morgan fingerprint density at radius 1 is 0.868 bits per heavy atom. The SMILES string of the molecule is CCCCN1C=CN(C)C1.CCCCN1C=CN(C)C1.O=S(=O)([O-])CCCCCl.O=S1(=O)CCCCO1.[Cl-]. The lowest BCUT2D eigenvalue weighted by Crippen LogP contribution is -3.00. The summed E-state index contributed by atoms with van der Waals surface area (Å²) in [5.41, 5.74) is 0. The van der Waals surface area contributed by atoms with Gasteiger partial charge in [0.25, 0.3) is 10.1 Å². The second kappa shape index (κ2) is 22.9.